The van der Waals surface area contributed by atoms with Crippen LogP contribution in [0.3, 0.4) is 0 Å². The fourth-order valence-corrected chi connectivity index (χ4v) is 3.49. The van der Waals surface area contributed by atoms with Crippen molar-refractivity contribution in [2.45, 2.75) is 11.8 Å². The zero-order chi connectivity index (χ0) is 17.3. The number of fused-ring (bicyclic) bond motifs is 1. The summed E-state index contributed by atoms with van der Waals surface area (Å²) in [6.45, 7) is 2.24. The summed E-state index contributed by atoms with van der Waals surface area (Å²) >= 11 is 0. The molecule has 0 saturated carbocycles. The van der Waals surface area contributed by atoms with Crippen molar-refractivity contribution in [1.82, 2.24) is 0 Å². The van der Waals surface area contributed by atoms with E-state index in [-0.39, 0.29) is 10.8 Å². The van der Waals surface area contributed by atoms with E-state index in [0.29, 0.717) is 30.3 Å². The Morgan fingerprint density at radius 2 is 1.92 bits per heavy atom. The van der Waals surface area contributed by atoms with Crippen LogP contribution in [0.4, 0.5) is 15.8 Å². The van der Waals surface area contributed by atoms with Crippen LogP contribution < -0.4 is 14.4 Å². The third-order valence-corrected chi connectivity index (χ3v) is 4.98. The lowest BCUT2D eigenvalue weighted by Gasteiger charge is -2.29. The molecular weight excluding hydrogens is 335 g/mol. The van der Waals surface area contributed by atoms with E-state index in [4.69, 9.17) is 4.74 Å². The van der Waals surface area contributed by atoms with E-state index < -0.39 is 15.8 Å². The highest BCUT2D eigenvalue weighted by Gasteiger charge is 2.22. The number of nitrogens with zero attached hydrogens (tertiary/aromatic N) is 1. The van der Waals surface area contributed by atoms with Crippen LogP contribution in [-0.2, 0) is 14.8 Å². The van der Waals surface area contributed by atoms with Crippen molar-refractivity contribution in [3.05, 3.63) is 48.3 Å². The molecule has 2 aromatic rings. The molecule has 0 bridgehead atoms. The maximum Gasteiger partial charge on any atom is 0.261 e. The normalized spacial score (nSPS) is 13.8. The minimum atomic E-state index is -3.84. The molecule has 0 saturated heterocycles. The van der Waals surface area contributed by atoms with Gasteiger partial charge in [-0.1, -0.05) is 0 Å². The summed E-state index contributed by atoms with van der Waals surface area (Å²) in [5, 5.41) is 0. The quantitative estimate of drug-likeness (QED) is 0.922. The van der Waals surface area contributed by atoms with Crippen LogP contribution in [0.15, 0.2) is 47.4 Å². The number of ether oxygens (including phenoxy) is 1. The zero-order valence-corrected chi connectivity index (χ0v) is 13.6. The van der Waals surface area contributed by atoms with Gasteiger partial charge in [0.05, 0.1) is 22.8 Å². The van der Waals surface area contributed by atoms with Crippen LogP contribution in [0.2, 0.25) is 0 Å². The maximum absolute atomic E-state index is 12.9. The molecule has 24 heavy (non-hydrogen) atoms. The summed E-state index contributed by atoms with van der Waals surface area (Å²) in [6.07, 6.45) is 0. The van der Waals surface area contributed by atoms with Gasteiger partial charge in [0, 0.05) is 13.0 Å². The summed E-state index contributed by atoms with van der Waals surface area (Å²) < 4.78 is 45.5. The van der Waals surface area contributed by atoms with Gasteiger partial charge in [-0.05, 0) is 36.4 Å². The van der Waals surface area contributed by atoms with Crippen LogP contribution in [0.5, 0.6) is 5.75 Å². The number of anilines is 2. The summed E-state index contributed by atoms with van der Waals surface area (Å²) in [4.78, 5) is 13.1. The Hall–Kier alpha value is -2.61. The first-order chi connectivity index (χ1) is 11.4. The first kappa shape index (κ1) is 16.3. The van der Waals surface area contributed by atoms with E-state index in [0.717, 1.165) is 12.1 Å². The molecule has 6 nitrogen and oxygen atoms in total. The SMILES string of the molecule is CC(=O)N1CCOc2cc(NS(=O)(=O)c3ccc(F)cc3)ccc21. The van der Waals surface area contributed by atoms with Gasteiger partial charge >= 0.3 is 0 Å². The fourth-order valence-electron chi connectivity index (χ4n) is 2.44. The molecule has 0 aromatic heterocycles. The molecule has 0 atom stereocenters. The number of nitrogens with one attached hydrogen (secondary N) is 1. The van der Waals surface area contributed by atoms with Gasteiger partial charge in [-0.25, -0.2) is 12.8 Å². The largest absolute Gasteiger partial charge is 0.489 e. The number of rotatable bonds is 3. The van der Waals surface area contributed by atoms with Crippen molar-refractivity contribution in [2.75, 3.05) is 22.8 Å². The predicted octanol–water partition coefficient (Wildman–Crippen LogP) is 2.37. The van der Waals surface area contributed by atoms with E-state index in [1.54, 1.807) is 17.0 Å². The summed E-state index contributed by atoms with van der Waals surface area (Å²) in [7, 11) is -3.84. The van der Waals surface area contributed by atoms with E-state index >= 15 is 0 Å². The molecule has 2 aromatic carbocycles. The molecule has 126 valence electrons. The lowest BCUT2D eigenvalue weighted by molar-refractivity contribution is -0.116. The van der Waals surface area contributed by atoms with Gasteiger partial charge in [0.1, 0.15) is 18.2 Å². The first-order valence-corrected chi connectivity index (χ1v) is 8.68. The molecule has 1 heterocycles. The second kappa shape index (κ2) is 6.12. The number of carbonyl (C=O) groups excluding carboxylic acids is 1. The van der Waals surface area contributed by atoms with Gasteiger partial charge in [-0.2, -0.15) is 0 Å². The number of benzene rings is 2. The number of halogens is 1. The highest BCUT2D eigenvalue weighted by Crippen LogP contribution is 2.34. The van der Waals surface area contributed by atoms with Gasteiger partial charge in [0.25, 0.3) is 10.0 Å². The molecule has 3 rings (SSSR count). The van der Waals surface area contributed by atoms with Crippen LogP contribution in [0, 0.1) is 5.82 Å². The highest BCUT2D eigenvalue weighted by atomic mass is 32.2. The van der Waals surface area contributed by atoms with Gasteiger partial charge in [0.15, 0.2) is 0 Å². The lowest BCUT2D eigenvalue weighted by atomic mass is 10.2. The van der Waals surface area contributed by atoms with Crippen molar-refractivity contribution in [2.24, 2.45) is 0 Å². The summed E-state index contributed by atoms with van der Waals surface area (Å²) in [5.74, 6) is -0.199. The summed E-state index contributed by atoms with van der Waals surface area (Å²) in [6, 6.07) is 9.22. The van der Waals surface area contributed by atoms with Crippen molar-refractivity contribution < 1.29 is 22.3 Å². The second-order valence-electron chi connectivity index (χ2n) is 5.26. The summed E-state index contributed by atoms with van der Waals surface area (Å²) in [5.41, 5.74) is 0.891. The van der Waals surface area contributed by atoms with Gasteiger partial charge in [0.2, 0.25) is 5.91 Å². The number of sulfonamides is 1. The minimum Gasteiger partial charge on any atom is -0.489 e. The molecular formula is C16H15FN2O4S. The zero-order valence-electron chi connectivity index (χ0n) is 12.8. The van der Waals surface area contributed by atoms with Gasteiger partial charge in [-0.3, -0.25) is 9.52 Å². The third kappa shape index (κ3) is 3.18. The molecule has 0 fully saturated rings. The molecule has 0 spiro atoms. The monoisotopic (exact) mass is 350 g/mol. The van der Waals surface area contributed by atoms with E-state index in [1.165, 1.54) is 25.1 Å². The Balaban J connectivity index is 1.89. The van der Waals surface area contributed by atoms with Crippen molar-refractivity contribution in [3.63, 3.8) is 0 Å². The van der Waals surface area contributed by atoms with Crippen LogP contribution in [0.1, 0.15) is 6.92 Å². The Labute approximate surface area is 138 Å². The smallest absolute Gasteiger partial charge is 0.261 e. The van der Waals surface area contributed by atoms with E-state index in [9.17, 15) is 17.6 Å². The van der Waals surface area contributed by atoms with Crippen molar-refractivity contribution in [1.29, 1.82) is 0 Å². The predicted molar refractivity (Wildman–Crippen MR) is 87.2 cm³/mol. The Morgan fingerprint density at radius 1 is 1.21 bits per heavy atom. The molecule has 8 heteroatoms. The van der Waals surface area contributed by atoms with Gasteiger partial charge < -0.3 is 9.64 Å². The molecule has 1 aliphatic rings. The molecule has 0 aliphatic carbocycles. The fraction of sp³-hybridized carbons (Fsp3) is 0.188. The topological polar surface area (TPSA) is 75.7 Å². The number of hydrogen-bond donors (Lipinski definition) is 1. The van der Waals surface area contributed by atoms with Crippen molar-refractivity contribution >= 4 is 27.3 Å². The average Bonchev–Trinajstić information content (AvgIpc) is 2.54. The molecule has 1 amide bonds. The third-order valence-electron chi connectivity index (χ3n) is 3.58. The maximum atomic E-state index is 12.9. The Bertz CT molecular complexity index is 881. The second-order valence-corrected chi connectivity index (χ2v) is 6.94. The molecule has 1 N–H and O–H groups in total. The van der Waals surface area contributed by atoms with Gasteiger partial charge in [-0.15, -0.1) is 0 Å². The van der Waals surface area contributed by atoms with Crippen molar-refractivity contribution in [3.8, 4) is 5.75 Å². The van der Waals surface area contributed by atoms with Crippen LogP contribution >= 0.6 is 0 Å². The Kier molecular flexibility index (Phi) is 4.15. The molecule has 0 unspecified atom stereocenters. The standard InChI is InChI=1S/C16H15FN2O4S/c1-11(20)19-8-9-23-16-10-13(4-7-15(16)19)18-24(21,22)14-5-2-12(17)3-6-14/h2-7,10,18H,8-9H2,1H3. The molecule has 0 radical (unpaired) electrons. The van der Waals surface area contributed by atoms with E-state index in [2.05, 4.69) is 4.72 Å². The first-order valence-electron chi connectivity index (χ1n) is 7.20. The number of hydrogen-bond acceptors (Lipinski definition) is 4. The highest BCUT2D eigenvalue weighted by molar-refractivity contribution is 7.92. The van der Waals surface area contributed by atoms with Crippen LogP contribution in [-0.4, -0.2) is 27.5 Å². The minimum absolute atomic E-state index is 0.0482. The van der Waals surface area contributed by atoms with Crippen LogP contribution in [0.25, 0.3) is 0 Å². The Morgan fingerprint density at radius 3 is 2.58 bits per heavy atom. The number of amides is 1. The average molecular weight is 350 g/mol. The molecule has 1 aliphatic heterocycles. The number of carbonyl (C=O) groups is 1. The van der Waals surface area contributed by atoms with E-state index in [1.807, 2.05) is 0 Å². The lowest BCUT2D eigenvalue weighted by Crippen LogP contribution is -2.36.